The predicted octanol–water partition coefficient (Wildman–Crippen LogP) is 27.7. The van der Waals surface area contributed by atoms with Crippen LogP contribution in [0.5, 0.6) is 0 Å². The Kier molecular flexibility index (Phi) is 20.0. The minimum Gasteiger partial charge on any atom is -0.454 e. The van der Waals surface area contributed by atoms with Gasteiger partial charge in [0, 0.05) is 118 Å². The van der Waals surface area contributed by atoms with Gasteiger partial charge in [-0.15, -0.1) is 0 Å². The van der Waals surface area contributed by atoms with Gasteiger partial charge in [0.05, 0.1) is 56.9 Å². The first kappa shape index (κ1) is 81.0. The van der Waals surface area contributed by atoms with Crippen molar-refractivity contribution in [3.8, 4) is 0 Å². The molecule has 0 aliphatic carbocycles. The van der Waals surface area contributed by atoms with E-state index < -0.39 is 0 Å². The highest BCUT2D eigenvalue weighted by molar-refractivity contribution is 6.16. The highest BCUT2D eigenvalue weighted by atomic mass is 16.3. The molecule has 20 aromatic rings. The molecule has 5 unspecified atom stereocenters. The van der Waals surface area contributed by atoms with E-state index in [1.807, 2.05) is 111 Å². The fourth-order valence-corrected chi connectivity index (χ4v) is 20.5. The van der Waals surface area contributed by atoms with Crippen LogP contribution in [0.1, 0.15) is 90.1 Å². The van der Waals surface area contributed by atoms with Crippen LogP contribution in [0.4, 0.5) is 86.0 Å². The molecule has 5 aliphatic rings. The quantitative estimate of drug-likeness (QED) is 0.148. The number of hydrogen-bond donors (Lipinski definition) is 0. The lowest BCUT2D eigenvalue weighted by atomic mass is 10.1. The highest BCUT2D eigenvalue weighted by Gasteiger charge is 2.43. The molecule has 9 aromatic heterocycles. The number of nitrogens with zero attached hydrogens (tertiary/aromatic N) is 15. The average Bonchev–Trinajstić information content (AvgIpc) is 1.54. The summed E-state index contributed by atoms with van der Waals surface area (Å²) in [5.41, 5.74) is 26.8. The van der Waals surface area contributed by atoms with Crippen molar-refractivity contribution in [1.29, 1.82) is 0 Å². The van der Waals surface area contributed by atoms with Gasteiger partial charge in [0.1, 0.15) is 58.7 Å². The molecule has 5 atom stereocenters. The second-order valence-corrected chi connectivity index (χ2v) is 35.1. The van der Waals surface area contributed by atoms with Crippen LogP contribution in [0.15, 0.2) is 296 Å². The monoisotopic (exact) mass is 1700 g/mol. The van der Waals surface area contributed by atoms with Gasteiger partial charge in [-0.2, -0.15) is 0 Å². The zero-order chi connectivity index (χ0) is 88.8. The zero-order valence-electron chi connectivity index (χ0n) is 75.8. The van der Waals surface area contributed by atoms with Crippen LogP contribution < -0.4 is 49.0 Å². The molecule has 25 rings (SSSR count). The van der Waals surface area contributed by atoms with Gasteiger partial charge in [0.25, 0.3) is 0 Å². The maximum Gasteiger partial charge on any atom is 0.178 e. The van der Waals surface area contributed by atoms with Gasteiger partial charge >= 0.3 is 0 Å². The number of furan rings is 5. The average molecular weight is 1700 g/mol. The van der Waals surface area contributed by atoms with Crippen LogP contribution in [-0.2, 0) is 0 Å². The van der Waals surface area contributed by atoms with Crippen molar-refractivity contribution in [3.63, 3.8) is 0 Å². The lowest BCUT2D eigenvalue weighted by molar-refractivity contribution is 0.598. The topological polar surface area (TPSA) is 163 Å². The third kappa shape index (κ3) is 12.9. The van der Waals surface area contributed by atoms with Gasteiger partial charge in [-0.25, -0.2) is 24.9 Å². The minimum absolute atomic E-state index is 0.106. The highest BCUT2D eigenvalue weighted by Crippen LogP contribution is 2.55. The van der Waals surface area contributed by atoms with Crippen molar-refractivity contribution in [2.45, 2.75) is 140 Å². The summed E-state index contributed by atoms with van der Waals surface area (Å²) in [7, 11) is 6.29. The summed E-state index contributed by atoms with van der Waals surface area (Å²) >= 11 is 0. The maximum atomic E-state index is 6.36. The molecular weight excluding hydrogens is 1600 g/mol. The lowest BCUT2D eigenvalue weighted by Crippen LogP contribution is -2.42. The molecule has 0 saturated carbocycles. The summed E-state index contributed by atoms with van der Waals surface area (Å²) in [4.78, 5) is 46.2. The molecule has 20 nitrogen and oxygen atoms in total. The molecule has 14 heterocycles. The smallest absolute Gasteiger partial charge is 0.178 e. The van der Waals surface area contributed by atoms with E-state index in [1.165, 1.54) is 50.1 Å². The van der Waals surface area contributed by atoms with E-state index >= 15 is 0 Å². The number of pyridine rings is 3. The maximum absolute atomic E-state index is 6.36. The Morgan fingerprint density at radius 1 is 0.225 bits per heavy atom. The van der Waals surface area contributed by atoms with E-state index in [2.05, 4.69) is 333 Å². The van der Waals surface area contributed by atoms with Crippen molar-refractivity contribution >= 4 is 196 Å². The Labute approximate surface area is 749 Å². The molecule has 0 amide bonds. The Morgan fingerprint density at radius 3 is 0.899 bits per heavy atom. The molecular formula is C109H103N15O5. The molecule has 11 aromatic carbocycles. The predicted molar refractivity (Wildman–Crippen MR) is 532 cm³/mol. The van der Waals surface area contributed by atoms with Crippen molar-refractivity contribution in [1.82, 2.24) is 24.9 Å². The fourth-order valence-electron chi connectivity index (χ4n) is 20.5. The fraction of sp³-hybridized carbons (Fsp3) is 0.220. The second kappa shape index (κ2) is 31.8. The van der Waals surface area contributed by atoms with Crippen molar-refractivity contribution in [2.75, 3.05) is 70.1 Å². The SMILES string of the molecule is Cc1ccc2c(oc3ccccc32)c1N1c2ccccc2N(C)C1C.Cc1ccc2c(oc3ccccc32)c1N1c2cccnc2N(C(C)C)C1C.Cc1ccc2c(oc3ccccc32)c1N1c2cccnc2N(C)C1C.Cc1ccc2c(oc3ccccc32)c1N1c2ncccc2N(C(C)C)C1C.Cc1ccc2c(oc3ccccc32)c1N1c2nccnc2N(C)C1C. The van der Waals surface area contributed by atoms with Gasteiger partial charge in [-0.3, -0.25) is 4.90 Å². The van der Waals surface area contributed by atoms with Crippen LogP contribution >= 0.6 is 0 Å². The van der Waals surface area contributed by atoms with Gasteiger partial charge in [0.2, 0.25) is 0 Å². The Hall–Kier alpha value is -15.1. The van der Waals surface area contributed by atoms with Crippen LogP contribution in [0.2, 0.25) is 0 Å². The number of aromatic nitrogens is 5. The van der Waals surface area contributed by atoms with Crippen LogP contribution in [0.3, 0.4) is 0 Å². The van der Waals surface area contributed by atoms with Gasteiger partial charge in [-0.1, -0.05) is 164 Å². The molecule has 129 heavy (non-hydrogen) atoms. The first-order chi connectivity index (χ1) is 62.6. The Morgan fingerprint density at radius 2 is 0.496 bits per heavy atom. The number of hydrogen-bond acceptors (Lipinski definition) is 20. The third-order valence-corrected chi connectivity index (χ3v) is 26.9. The molecule has 5 aliphatic heterocycles. The third-order valence-electron chi connectivity index (χ3n) is 26.9. The second-order valence-electron chi connectivity index (χ2n) is 35.1. The number of fused-ring (bicyclic) bond motifs is 20. The molecule has 0 N–H and O–H groups in total. The van der Waals surface area contributed by atoms with Crippen LogP contribution in [-0.4, -0.2) is 89.0 Å². The summed E-state index contributed by atoms with van der Waals surface area (Å²) < 4.78 is 31.6. The van der Waals surface area contributed by atoms with E-state index in [9.17, 15) is 0 Å². The first-order valence-corrected chi connectivity index (χ1v) is 44.7. The minimum atomic E-state index is 0.106. The Balaban J connectivity index is 0.0000000978. The van der Waals surface area contributed by atoms with E-state index in [0.29, 0.717) is 12.1 Å². The van der Waals surface area contributed by atoms with Crippen LogP contribution in [0.25, 0.3) is 110 Å². The van der Waals surface area contributed by atoms with E-state index in [4.69, 9.17) is 32.1 Å². The number of aryl methyl sites for hydroxylation is 5. The van der Waals surface area contributed by atoms with E-state index in [1.54, 1.807) is 12.4 Å². The summed E-state index contributed by atoms with van der Waals surface area (Å²) in [6.07, 6.45) is 9.90. The summed E-state index contributed by atoms with van der Waals surface area (Å²) in [5.74, 6) is 4.79. The lowest BCUT2D eigenvalue weighted by Gasteiger charge is -2.33. The molecule has 0 radical (unpaired) electrons. The standard InChI is InChI=1S/2C23H23N3O.C22H20N2O.C21H19N3O.C20H18N4O/c1-14(2)25-16(4)26(19-9-7-13-24-23(19)25)21-15(3)11-12-18-17-8-5-6-10-20(17)27-22(18)21;1-14(2)25-16(4)26(23-19(25)9-7-13-24-23)21-15(3)11-12-18-17-8-5-6-10-20(17)27-22(18)21;1-14-12-13-17-16-8-4-7-11-20(16)25-22(17)21(14)24-15(2)23(3)18-9-5-6-10-19(18)24;1-13-10-11-16-15-7-4-5-9-18(15)25-20(16)19(13)24-14(2)23(3)21-17(24)8-6-12-22-21;1-12-8-9-15-14-6-4-5-7-16(14)25-18(15)17(12)24-13(2)23(3)19-20(24)22-11-10-21-19/h2*5-14,16H,1-4H3;4-13,15H,1-3H3;4-12,14H,1-3H3;4-11,13H,1-3H3. The molecule has 0 fully saturated rings. The molecule has 644 valence electrons. The van der Waals surface area contributed by atoms with Gasteiger partial charge in [0.15, 0.2) is 57.0 Å². The molecule has 0 spiro atoms. The van der Waals surface area contributed by atoms with Crippen LogP contribution in [0, 0.1) is 34.6 Å². The number of benzene rings is 11. The number of para-hydroxylation sites is 7. The Bertz CT molecular complexity index is 7160. The summed E-state index contributed by atoms with van der Waals surface area (Å²) in [6, 6.07) is 84.7. The first-order valence-electron chi connectivity index (χ1n) is 44.7. The summed E-state index contributed by atoms with van der Waals surface area (Å²) in [6.45, 7) is 30.7. The normalized spacial score (nSPS) is 16.8. The zero-order valence-corrected chi connectivity index (χ0v) is 75.8. The number of rotatable bonds is 7. The van der Waals surface area contributed by atoms with Crippen molar-refractivity contribution in [3.05, 3.63) is 301 Å². The van der Waals surface area contributed by atoms with Crippen molar-refractivity contribution in [2.24, 2.45) is 0 Å². The van der Waals surface area contributed by atoms with Crippen molar-refractivity contribution < 1.29 is 22.1 Å². The largest absolute Gasteiger partial charge is 0.454 e. The number of anilines is 15. The molecule has 0 saturated heterocycles. The molecule has 0 bridgehead atoms. The van der Waals surface area contributed by atoms with Gasteiger partial charge in [-0.05, 0) is 204 Å². The van der Waals surface area contributed by atoms with Gasteiger partial charge < -0.3 is 66.2 Å². The molecule has 20 heteroatoms. The summed E-state index contributed by atoms with van der Waals surface area (Å²) in [5, 5.41) is 11.6. The van der Waals surface area contributed by atoms with E-state index in [0.717, 1.165) is 173 Å². The van der Waals surface area contributed by atoms with E-state index in [-0.39, 0.29) is 30.8 Å².